The number of likely N-dealkylation sites (tertiary alicyclic amines) is 1. The number of aryl methyl sites for hydroxylation is 2. The van der Waals surface area contributed by atoms with Crippen LogP contribution in [0.4, 0.5) is 0 Å². The molecule has 1 aliphatic rings. The van der Waals surface area contributed by atoms with Gasteiger partial charge in [-0.05, 0) is 44.9 Å². The van der Waals surface area contributed by atoms with E-state index >= 15 is 0 Å². The summed E-state index contributed by atoms with van der Waals surface area (Å²) in [6.45, 7) is 7.25. The van der Waals surface area contributed by atoms with Crippen molar-refractivity contribution < 1.29 is 4.79 Å². The molecule has 0 aliphatic carbocycles. The van der Waals surface area contributed by atoms with E-state index in [-0.39, 0.29) is 5.91 Å². The maximum absolute atomic E-state index is 12.3. The predicted molar refractivity (Wildman–Crippen MR) is 91.5 cm³/mol. The van der Waals surface area contributed by atoms with E-state index < -0.39 is 0 Å². The zero-order chi connectivity index (χ0) is 16.9. The molecule has 0 spiro atoms. The number of aromatic nitrogens is 3. The highest BCUT2D eigenvalue weighted by molar-refractivity contribution is 5.94. The minimum absolute atomic E-state index is 0.0873. The third-order valence-corrected chi connectivity index (χ3v) is 4.38. The van der Waals surface area contributed by atoms with E-state index in [1.165, 1.54) is 0 Å². The second kappa shape index (κ2) is 7.49. The Kier molecular flexibility index (Phi) is 5.15. The first-order valence-electron chi connectivity index (χ1n) is 8.32. The van der Waals surface area contributed by atoms with Crippen molar-refractivity contribution in [3.63, 3.8) is 0 Å². The highest BCUT2D eigenvalue weighted by Crippen LogP contribution is 2.17. The Labute approximate surface area is 142 Å². The van der Waals surface area contributed by atoms with Crippen molar-refractivity contribution in [2.24, 2.45) is 5.92 Å². The number of hydrogen-bond acceptors (Lipinski definition) is 5. The molecule has 0 saturated carbocycles. The second-order valence-corrected chi connectivity index (χ2v) is 6.34. The number of carbonyl (C=O) groups is 1. The summed E-state index contributed by atoms with van der Waals surface area (Å²) >= 11 is 0. The molecule has 1 amide bonds. The molecule has 1 N–H and O–H groups in total. The summed E-state index contributed by atoms with van der Waals surface area (Å²) in [5, 5.41) is 3.02. The summed E-state index contributed by atoms with van der Waals surface area (Å²) in [6, 6.07) is 6.00. The van der Waals surface area contributed by atoms with E-state index in [9.17, 15) is 4.79 Å². The normalized spacial score (nSPS) is 17.8. The first kappa shape index (κ1) is 16.5. The van der Waals surface area contributed by atoms with Gasteiger partial charge in [-0.25, -0.2) is 9.97 Å². The van der Waals surface area contributed by atoms with Crippen molar-refractivity contribution in [2.75, 3.05) is 19.6 Å². The van der Waals surface area contributed by atoms with E-state index in [1.807, 2.05) is 32.2 Å². The van der Waals surface area contributed by atoms with E-state index in [4.69, 9.17) is 0 Å². The molecule has 6 heteroatoms. The lowest BCUT2D eigenvalue weighted by Crippen LogP contribution is -2.31. The quantitative estimate of drug-likeness (QED) is 0.907. The minimum Gasteiger partial charge on any atom is -0.352 e. The molecule has 0 unspecified atom stereocenters. The molecular formula is C18H23N5O. The molecule has 0 aromatic carbocycles. The summed E-state index contributed by atoms with van der Waals surface area (Å²) in [6.07, 6.45) is 4.53. The molecule has 2 aromatic heterocycles. The Hall–Kier alpha value is -2.34. The molecule has 1 aliphatic heterocycles. The zero-order valence-corrected chi connectivity index (χ0v) is 14.2. The Balaban J connectivity index is 1.48. The molecule has 0 radical (unpaired) electrons. The fraction of sp³-hybridized carbons (Fsp3) is 0.444. The van der Waals surface area contributed by atoms with Gasteiger partial charge in [0.1, 0.15) is 5.82 Å². The van der Waals surface area contributed by atoms with Crippen molar-refractivity contribution in [1.29, 1.82) is 0 Å². The van der Waals surface area contributed by atoms with Crippen LogP contribution in [0.2, 0.25) is 0 Å². The van der Waals surface area contributed by atoms with Crippen LogP contribution < -0.4 is 5.32 Å². The molecule has 6 nitrogen and oxygen atoms in total. The summed E-state index contributed by atoms with van der Waals surface area (Å²) in [5.41, 5.74) is 2.38. The van der Waals surface area contributed by atoms with Gasteiger partial charge in [0, 0.05) is 32.0 Å². The van der Waals surface area contributed by atoms with Crippen molar-refractivity contribution in [1.82, 2.24) is 25.2 Å². The van der Waals surface area contributed by atoms with Gasteiger partial charge in [-0.2, -0.15) is 0 Å². The first-order chi connectivity index (χ1) is 11.6. The van der Waals surface area contributed by atoms with E-state index in [1.54, 1.807) is 6.20 Å². The molecule has 3 heterocycles. The molecule has 1 atom stereocenters. The van der Waals surface area contributed by atoms with E-state index in [0.717, 1.165) is 37.4 Å². The van der Waals surface area contributed by atoms with Gasteiger partial charge >= 0.3 is 0 Å². The maximum Gasteiger partial charge on any atom is 0.254 e. The standard InChI is InChI=1S/C18H23N5O/c1-13-17(10-20-14(2)22-13)18(24)21-9-15-6-8-23(11-15)12-16-5-3-4-7-19-16/h3-5,7,10,15H,6,8-9,11-12H2,1-2H3,(H,21,24)/t15-/m1/s1. The average Bonchev–Trinajstić information content (AvgIpc) is 3.01. The van der Waals surface area contributed by atoms with Gasteiger partial charge in [-0.1, -0.05) is 6.07 Å². The predicted octanol–water partition coefficient (Wildman–Crippen LogP) is 1.74. The number of hydrogen-bond donors (Lipinski definition) is 1. The van der Waals surface area contributed by atoms with Crippen molar-refractivity contribution in [3.05, 3.63) is 53.4 Å². The Morgan fingerprint density at radius 1 is 1.33 bits per heavy atom. The van der Waals surface area contributed by atoms with E-state index in [2.05, 4.69) is 31.2 Å². The van der Waals surface area contributed by atoms with Gasteiger partial charge in [0.05, 0.1) is 17.0 Å². The monoisotopic (exact) mass is 325 g/mol. The molecule has 1 saturated heterocycles. The van der Waals surface area contributed by atoms with Gasteiger partial charge < -0.3 is 5.32 Å². The summed E-state index contributed by atoms with van der Waals surface area (Å²) < 4.78 is 0. The number of amides is 1. The largest absolute Gasteiger partial charge is 0.352 e. The SMILES string of the molecule is Cc1ncc(C(=O)NC[C@H]2CCN(Cc3ccccn3)C2)c(C)n1. The van der Waals surface area contributed by atoms with Gasteiger partial charge in [0.2, 0.25) is 0 Å². The fourth-order valence-electron chi connectivity index (χ4n) is 3.08. The number of nitrogens with one attached hydrogen (secondary N) is 1. The lowest BCUT2D eigenvalue weighted by atomic mass is 10.1. The van der Waals surface area contributed by atoms with Crippen LogP contribution in [0.25, 0.3) is 0 Å². The van der Waals surface area contributed by atoms with Gasteiger partial charge in [0.25, 0.3) is 5.91 Å². The second-order valence-electron chi connectivity index (χ2n) is 6.34. The molecular weight excluding hydrogens is 302 g/mol. The Morgan fingerprint density at radius 2 is 2.21 bits per heavy atom. The minimum atomic E-state index is -0.0873. The highest BCUT2D eigenvalue weighted by Gasteiger charge is 2.23. The van der Waals surface area contributed by atoms with Crippen molar-refractivity contribution >= 4 is 5.91 Å². The summed E-state index contributed by atoms with van der Waals surface area (Å²) in [5.74, 6) is 1.07. The van der Waals surface area contributed by atoms with Gasteiger partial charge in [-0.3, -0.25) is 14.7 Å². The number of nitrogens with zero attached hydrogens (tertiary/aromatic N) is 4. The molecule has 3 rings (SSSR count). The van der Waals surface area contributed by atoms with Gasteiger partial charge in [0.15, 0.2) is 0 Å². The molecule has 24 heavy (non-hydrogen) atoms. The zero-order valence-electron chi connectivity index (χ0n) is 14.2. The van der Waals surface area contributed by atoms with E-state index in [0.29, 0.717) is 23.9 Å². The van der Waals surface area contributed by atoms with Crippen LogP contribution in [-0.4, -0.2) is 45.4 Å². The average molecular weight is 325 g/mol. The number of pyridine rings is 1. The topological polar surface area (TPSA) is 71.0 Å². The lowest BCUT2D eigenvalue weighted by molar-refractivity contribution is 0.0945. The van der Waals surface area contributed by atoms with Crippen LogP contribution in [0.15, 0.2) is 30.6 Å². The first-order valence-corrected chi connectivity index (χ1v) is 8.32. The van der Waals surface area contributed by atoms with Gasteiger partial charge in [-0.15, -0.1) is 0 Å². The summed E-state index contributed by atoms with van der Waals surface area (Å²) in [7, 11) is 0. The summed E-state index contributed by atoms with van der Waals surface area (Å²) in [4.78, 5) is 27.4. The lowest BCUT2D eigenvalue weighted by Gasteiger charge is -2.16. The van der Waals surface area contributed by atoms with Crippen molar-refractivity contribution in [2.45, 2.75) is 26.8 Å². The van der Waals surface area contributed by atoms with Crippen LogP contribution in [0, 0.1) is 19.8 Å². The number of carbonyl (C=O) groups excluding carboxylic acids is 1. The molecule has 126 valence electrons. The molecule has 1 fully saturated rings. The third-order valence-electron chi connectivity index (χ3n) is 4.38. The third kappa shape index (κ3) is 4.14. The maximum atomic E-state index is 12.3. The Morgan fingerprint density at radius 3 is 2.96 bits per heavy atom. The van der Waals surface area contributed by atoms with Crippen molar-refractivity contribution in [3.8, 4) is 0 Å². The smallest absolute Gasteiger partial charge is 0.254 e. The molecule has 2 aromatic rings. The highest BCUT2D eigenvalue weighted by atomic mass is 16.1. The number of rotatable bonds is 5. The van der Waals surface area contributed by atoms with Crippen LogP contribution in [0.3, 0.4) is 0 Å². The van der Waals surface area contributed by atoms with Crippen LogP contribution in [0.5, 0.6) is 0 Å². The van der Waals surface area contributed by atoms with Crippen LogP contribution in [0.1, 0.15) is 34.0 Å². The molecule has 0 bridgehead atoms. The fourth-order valence-corrected chi connectivity index (χ4v) is 3.08. The Bertz CT molecular complexity index is 704. The van der Waals surface area contributed by atoms with Crippen LogP contribution in [-0.2, 0) is 6.54 Å². The van der Waals surface area contributed by atoms with Crippen LogP contribution >= 0.6 is 0 Å².